The Labute approximate surface area is 107 Å². The topological polar surface area (TPSA) is 51.2 Å². The molecule has 0 radical (unpaired) electrons. The van der Waals surface area contributed by atoms with E-state index in [1.165, 1.54) is 0 Å². The summed E-state index contributed by atoms with van der Waals surface area (Å²) in [5.41, 5.74) is -0.673. The van der Waals surface area contributed by atoms with E-state index in [9.17, 15) is 26.4 Å². The molecule has 0 saturated heterocycles. The van der Waals surface area contributed by atoms with Crippen LogP contribution >= 0.6 is 26.6 Å². The van der Waals surface area contributed by atoms with Crippen LogP contribution in [-0.2, 0) is 9.05 Å². The Morgan fingerprint density at radius 2 is 1.82 bits per heavy atom. The van der Waals surface area contributed by atoms with Gasteiger partial charge in [0.15, 0.2) is 0 Å². The van der Waals surface area contributed by atoms with Crippen molar-refractivity contribution < 1.29 is 26.4 Å². The number of alkyl halides is 3. The van der Waals surface area contributed by atoms with Gasteiger partial charge in [-0.1, -0.05) is 0 Å². The average molecular weight is 352 g/mol. The lowest BCUT2D eigenvalue weighted by Gasteiger charge is -2.06. The van der Waals surface area contributed by atoms with Crippen molar-refractivity contribution in [3.05, 3.63) is 28.2 Å². The predicted octanol–water partition coefficient (Wildman–Crippen LogP) is 3.12. The van der Waals surface area contributed by atoms with E-state index in [4.69, 9.17) is 10.7 Å². The van der Waals surface area contributed by atoms with Crippen molar-refractivity contribution in [1.29, 1.82) is 0 Å². The van der Waals surface area contributed by atoms with E-state index >= 15 is 0 Å². The molecule has 0 atom stereocenters. The first-order chi connectivity index (χ1) is 7.53. The van der Waals surface area contributed by atoms with Crippen molar-refractivity contribution in [2.75, 3.05) is 0 Å². The first kappa shape index (κ1) is 14.5. The standard InChI is InChI=1S/C8H3BrClF3O3S/c9-5-3-4(7(14)8(11,12)13)1-2-6(5)17(10,15)16/h1-3H. The van der Waals surface area contributed by atoms with Crippen LogP contribution in [0, 0.1) is 0 Å². The first-order valence-corrected chi connectivity index (χ1v) is 6.99. The molecular formula is C8H3BrClF3O3S. The Morgan fingerprint density at radius 1 is 1.29 bits per heavy atom. The number of ketones is 1. The van der Waals surface area contributed by atoms with Crippen LogP contribution in [0.3, 0.4) is 0 Å². The lowest BCUT2D eigenvalue weighted by Crippen LogP contribution is -2.22. The van der Waals surface area contributed by atoms with Gasteiger partial charge < -0.3 is 0 Å². The molecular weight excluding hydrogens is 349 g/mol. The molecule has 0 saturated carbocycles. The maximum atomic E-state index is 12.1. The third-order valence-corrected chi connectivity index (χ3v) is 4.01. The zero-order chi connectivity index (χ0) is 13.4. The molecule has 0 bridgehead atoms. The van der Waals surface area contributed by atoms with Crippen LogP contribution in [0.15, 0.2) is 27.6 Å². The summed E-state index contributed by atoms with van der Waals surface area (Å²) in [7, 11) is 0.942. The smallest absolute Gasteiger partial charge is 0.284 e. The van der Waals surface area contributed by atoms with E-state index in [0.29, 0.717) is 0 Å². The number of carbonyl (C=O) groups excluding carboxylic acids is 1. The van der Waals surface area contributed by atoms with Crippen LogP contribution in [0.2, 0.25) is 0 Å². The zero-order valence-electron chi connectivity index (χ0n) is 7.75. The summed E-state index contributed by atoms with van der Waals surface area (Å²) in [4.78, 5) is 10.4. The van der Waals surface area contributed by atoms with E-state index < -0.39 is 31.5 Å². The molecule has 1 aromatic carbocycles. The number of carbonyl (C=O) groups is 1. The number of hydrogen-bond acceptors (Lipinski definition) is 3. The number of benzene rings is 1. The van der Waals surface area contributed by atoms with Crippen molar-refractivity contribution in [3.63, 3.8) is 0 Å². The quantitative estimate of drug-likeness (QED) is 0.608. The van der Waals surface area contributed by atoms with Crippen LogP contribution in [-0.4, -0.2) is 20.4 Å². The van der Waals surface area contributed by atoms with Gasteiger partial charge in [0.1, 0.15) is 0 Å². The highest BCUT2D eigenvalue weighted by Crippen LogP contribution is 2.29. The lowest BCUT2D eigenvalue weighted by molar-refractivity contribution is -0.0885. The van der Waals surface area contributed by atoms with E-state index in [2.05, 4.69) is 15.9 Å². The van der Waals surface area contributed by atoms with Crippen molar-refractivity contribution in [3.8, 4) is 0 Å². The maximum Gasteiger partial charge on any atom is 0.454 e. The molecule has 9 heteroatoms. The van der Waals surface area contributed by atoms with Gasteiger partial charge in [0.25, 0.3) is 14.8 Å². The normalized spacial score (nSPS) is 12.5. The molecule has 0 aliphatic carbocycles. The van der Waals surface area contributed by atoms with Crippen molar-refractivity contribution in [2.45, 2.75) is 11.1 Å². The number of hydrogen-bond donors (Lipinski definition) is 0. The SMILES string of the molecule is O=C(c1ccc(S(=O)(=O)Cl)c(Br)c1)C(F)(F)F. The molecule has 17 heavy (non-hydrogen) atoms. The van der Waals surface area contributed by atoms with Crippen LogP contribution in [0.25, 0.3) is 0 Å². The number of rotatable bonds is 2. The van der Waals surface area contributed by atoms with Gasteiger partial charge in [-0.2, -0.15) is 13.2 Å². The van der Waals surface area contributed by atoms with Crippen molar-refractivity contribution in [2.24, 2.45) is 0 Å². The zero-order valence-corrected chi connectivity index (χ0v) is 10.9. The van der Waals surface area contributed by atoms with Crippen LogP contribution < -0.4 is 0 Å². The van der Waals surface area contributed by atoms with Gasteiger partial charge in [-0.3, -0.25) is 4.79 Å². The minimum atomic E-state index is -5.01. The molecule has 0 N–H and O–H groups in total. The number of halogens is 5. The Morgan fingerprint density at radius 3 is 2.18 bits per heavy atom. The van der Waals surface area contributed by atoms with Crippen LogP contribution in [0.5, 0.6) is 0 Å². The Kier molecular flexibility index (Phi) is 3.90. The minimum absolute atomic E-state index is 0.206. The second kappa shape index (κ2) is 4.58. The fourth-order valence-electron chi connectivity index (χ4n) is 1.00. The molecule has 1 aromatic rings. The van der Waals surface area contributed by atoms with Gasteiger partial charge in [-0.15, -0.1) is 0 Å². The summed E-state index contributed by atoms with van der Waals surface area (Å²) in [6.07, 6.45) is -5.01. The van der Waals surface area contributed by atoms with Gasteiger partial charge in [0, 0.05) is 20.7 Å². The monoisotopic (exact) mass is 350 g/mol. The molecule has 3 nitrogen and oxygen atoms in total. The highest BCUT2D eigenvalue weighted by molar-refractivity contribution is 9.10. The molecule has 0 unspecified atom stereocenters. The minimum Gasteiger partial charge on any atom is -0.284 e. The molecule has 0 amide bonds. The fraction of sp³-hybridized carbons (Fsp3) is 0.125. The second-order valence-corrected chi connectivity index (χ2v) is 6.30. The third-order valence-electron chi connectivity index (χ3n) is 1.71. The summed E-state index contributed by atoms with van der Waals surface area (Å²) in [6, 6.07) is 2.33. The Hall–Kier alpha value is -0.600. The average Bonchev–Trinajstić information content (AvgIpc) is 2.12. The van der Waals surface area contributed by atoms with Crippen LogP contribution in [0.4, 0.5) is 13.2 Å². The maximum absolute atomic E-state index is 12.1. The first-order valence-electron chi connectivity index (χ1n) is 3.89. The summed E-state index contributed by atoms with van der Waals surface area (Å²) >= 11 is 2.73. The molecule has 1 rings (SSSR count). The molecule has 0 heterocycles. The summed E-state index contributed by atoms with van der Waals surface area (Å²) in [5.74, 6) is -2.06. The van der Waals surface area contributed by atoms with Crippen molar-refractivity contribution in [1.82, 2.24) is 0 Å². The molecule has 94 valence electrons. The molecule has 0 aliphatic heterocycles. The Balaban J connectivity index is 3.28. The van der Waals surface area contributed by atoms with E-state index in [-0.39, 0.29) is 4.47 Å². The van der Waals surface area contributed by atoms with E-state index in [1.807, 2.05) is 0 Å². The predicted molar refractivity (Wildman–Crippen MR) is 57.6 cm³/mol. The summed E-state index contributed by atoms with van der Waals surface area (Å²) < 4.78 is 58.0. The highest BCUT2D eigenvalue weighted by atomic mass is 79.9. The van der Waals surface area contributed by atoms with E-state index in [0.717, 1.165) is 18.2 Å². The highest BCUT2D eigenvalue weighted by Gasteiger charge is 2.39. The second-order valence-electron chi connectivity index (χ2n) is 2.91. The Bertz CT molecular complexity index is 568. The van der Waals surface area contributed by atoms with Gasteiger partial charge in [-0.25, -0.2) is 8.42 Å². The summed E-state index contributed by atoms with van der Waals surface area (Å²) in [5, 5.41) is 0. The van der Waals surface area contributed by atoms with E-state index in [1.54, 1.807) is 0 Å². The number of Topliss-reactive ketones (excluding diaryl/α,β-unsaturated/α-hetero) is 1. The molecule has 0 aliphatic rings. The largest absolute Gasteiger partial charge is 0.454 e. The van der Waals surface area contributed by atoms with Gasteiger partial charge in [-0.05, 0) is 34.1 Å². The van der Waals surface area contributed by atoms with Gasteiger partial charge >= 0.3 is 6.18 Å². The molecule has 0 fully saturated rings. The fourth-order valence-corrected chi connectivity index (χ4v) is 3.23. The molecule has 0 spiro atoms. The summed E-state index contributed by atoms with van der Waals surface area (Å²) in [6.45, 7) is 0. The lowest BCUT2D eigenvalue weighted by atomic mass is 10.1. The van der Waals surface area contributed by atoms with Gasteiger partial charge in [0.2, 0.25) is 0 Å². The molecule has 0 aromatic heterocycles. The third kappa shape index (κ3) is 3.43. The van der Waals surface area contributed by atoms with Gasteiger partial charge in [0.05, 0.1) is 4.90 Å². The van der Waals surface area contributed by atoms with Crippen LogP contribution in [0.1, 0.15) is 10.4 Å². The van der Waals surface area contributed by atoms with Crippen molar-refractivity contribution >= 4 is 41.4 Å².